The van der Waals surface area contributed by atoms with E-state index in [2.05, 4.69) is 0 Å². The van der Waals surface area contributed by atoms with Crippen molar-refractivity contribution in [3.05, 3.63) is 68.8 Å². The maximum absolute atomic E-state index is 12.8. The monoisotopic (exact) mass is 296 g/mol. The second-order valence-electron chi connectivity index (χ2n) is 5.60. The largest absolute Gasteiger partial charge is 0.307 e. The van der Waals surface area contributed by atoms with E-state index in [1.165, 1.54) is 12.1 Å². The number of hydrogen-bond acceptors (Lipinski definition) is 3. The average molecular weight is 296 g/mol. The van der Waals surface area contributed by atoms with Crippen LogP contribution in [0.5, 0.6) is 0 Å². The molecule has 1 aliphatic rings. The van der Waals surface area contributed by atoms with Gasteiger partial charge in [-0.3, -0.25) is 14.9 Å². The second kappa shape index (κ2) is 5.26. The summed E-state index contributed by atoms with van der Waals surface area (Å²) >= 11 is 0. The highest BCUT2D eigenvalue weighted by molar-refractivity contribution is 6.08. The number of aryl methyl sites for hydroxylation is 2. The molecule has 0 N–H and O–H groups in total. The van der Waals surface area contributed by atoms with Crippen LogP contribution in [0.3, 0.4) is 0 Å². The first kappa shape index (κ1) is 14.3. The van der Waals surface area contributed by atoms with Crippen LogP contribution in [0.15, 0.2) is 36.4 Å². The number of amides is 1. The number of non-ortho nitro benzene ring substituents is 1. The Morgan fingerprint density at radius 2 is 1.95 bits per heavy atom. The molecule has 0 saturated heterocycles. The summed E-state index contributed by atoms with van der Waals surface area (Å²) in [6.07, 6.45) is 0.726. The van der Waals surface area contributed by atoms with Gasteiger partial charge in [0.25, 0.3) is 11.6 Å². The standard InChI is InChI=1S/C17H16N2O3/c1-11-3-6-15(12(2)9-11)17(20)18-8-7-13-4-5-14(19(21)22)10-16(13)18/h3-6,9-10H,7-8H2,1-2H3. The molecule has 0 radical (unpaired) electrons. The number of anilines is 1. The number of carbonyl (C=O) groups is 1. The number of benzene rings is 2. The molecule has 0 bridgehead atoms. The zero-order valence-electron chi connectivity index (χ0n) is 12.5. The van der Waals surface area contributed by atoms with E-state index in [-0.39, 0.29) is 11.6 Å². The first-order valence-electron chi connectivity index (χ1n) is 7.14. The molecule has 1 amide bonds. The Balaban J connectivity index is 2.00. The fraction of sp³-hybridized carbons (Fsp3) is 0.235. The van der Waals surface area contributed by atoms with Gasteiger partial charge in [-0.2, -0.15) is 0 Å². The van der Waals surface area contributed by atoms with Crippen LogP contribution in [0.25, 0.3) is 0 Å². The van der Waals surface area contributed by atoms with Gasteiger partial charge in [0, 0.05) is 24.2 Å². The van der Waals surface area contributed by atoms with Crippen LogP contribution >= 0.6 is 0 Å². The molecule has 0 fully saturated rings. The number of nitrogens with zero attached hydrogens (tertiary/aromatic N) is 2. The SMILES string of the molecule is Cc1ccc(C(=O)N2CCc3ccc([N+](=O)[O-])cc32)c(C)c1. The van der Waals surface area contributed by atoms with E-state index in [1.54, 1.807) is 11.0 Å². The van der Waals surface area contributed by atoms with Crippen molar-refractivity contribution in [2.45, 2.75) is 20.3 Å². The van der Waals surface area contributed by atoms with Crippen molar-refractivity contribution < 1.29 is 9.72 Å². The van der Waals surface area contributed by atoms with Crippen molar-refractivity contribution in [1.82, 2.24) is 0 Å². The molecule has 0 aliphatic carbocycles. The molecule has 1 heterocycles. The van der Waals surface area contributed by atoms with Gasteiger partial charge in [-0.15, -0.1) is 0 Å². The summed E-state index contributed by atoms with van der Waals surface area (Å²) in [4.78, 5) is 24.9. The van der Waals surface area contributed by atoms with E-state index in [9.17, 15) is 14.9 Å². The Morgan fingerprint density at radius 1 is 1.18 bits per heavy atom. The Labute approximate surface area is 128 Å². The molecule has 0 saturated carbocycles. The minimum Gasteiger partial charge on any atom is -0.307 e. The van der Waals surface area contributed by atoms with Gasteiger partial charge in [0.2, 0.25) is 0 Å². The lowest BCUT2D eigenvalue weighted by atomic mass is 10.0. The zero-order valence-corrected chi connectivity index (χ0v) is 12.5. The first-order chi connectivity index (χ1) is 10.5. The lowest BCUT2D eigenvalue weighted by Crippen LogP contribution is -2.29. The molecular weight excluding hydrogens is 280 g/mol. The van der Waals surface area contributed by atoms with Crippen LogP contribution in [-0.4, -0.2) is 17.4 Å². The summed E-state index contributed by atoms with van der Waals surface area (Å²) in [5, 5.41) is 10.9. The molecule has 0 atom stereocenters. The summed E-state index contributed by atoms with van der Waals surface area (Å²) in [5.41, 5.74) is 4.31. The molecule has 5 nitrogen and oxygen atoms in total. The molecule has 2 aromatic carbocycles. The lowest BCUT2D eigenvalue weighted by molar-refractivity contribution is -0.384. The van der Waals surface area contributed by atoms with E-state index in [0.29, 0.717) is 17.8 Å². The van der Waals surface area contributed by atoms with E-state index in [1.807, 2.05) is 32.0 Å². The predicted octanol–water partition coefficient (Wildman–Crippen LogP) is 3.41. The van der Waals surface area contributed by atoms with Gasteiger partial charge in [-0.1, -0.05) is 23.8 Å². The number of hydrogen-bond donors (Lipinski definition) is 0. The van der Waals surface area contributed by atoms with Crippen LogP contribution < -0.4 is 4.90 Å². The van der Waals surface area contributed by atoms with Crippen molar-refractivity contribution in [2.75, 3.05) is 11.4 Å². The van der Waals surface area contributed by atoms with Crippen LogP contribution in [0.2, 0.25) is 0 Å². The van der Waals surface area contributed by atoms with Crippen LogP contribution in [-0.2, 0) is 6.42 Å². The molecule has 5 heteroatoms. The third-order valence-corrected chi connectivity index (χ3v) is 4.03. The van der Waals surface area contributed by atoms with Crippen LogP contribution in [0.1, 0.15) is 27.0 Å². The van der Waals surface area contributed by atoms with Gasteiger partial charge >= 0.3 is 0 Å². The van der Waals surface area contributed by atoms with Crippen molar-refractivity contribution in [3.63, 3.8) is 0 Å². The topological polar surface area (TPSA) is 63.5 Å². The van der Waals surface area contributed by atoms with E-state index < -0.39 is 4.92 Å². The average Bonchev–Trinajstić information content (AvgIpc) is 2.89. The van der Waals surface area contributed by atoms with E-state index in [0.717, 1.165) is 23.1 Å². The quantitative estimate of drug-likeness (QED) is 0.630. The van der Waals surface area contributed by atoms with Gasteiger partial charge in [-0.05, 0) is 37.5 Å². The Bertz CT molecular complexity index is 783. The van der Waals surface area contributed by atoms with Crippen molar-refractivity contribution in [1.29, 1.82) is 0 Å². The number of nitro benzene ring substituents is 1. The van der Waals surface area contributed by atoms with E-state index in [4.69, 9.17) is 0 Å². The van der Waals surface area contributed by atoms with Gasteiger partial charge < -0.3 is 4.90 Å². The Hall–Kier alpha value is -2.69. The summed E-state index contributed by atoms with van der Waals surface area (Å²) in [5.74, 6) is -0.100. The van der Waals surface area contributed by atoms with Crippen molar-refractivity contribution in [2.24, 2.45) is 0 Å². The molecule has 2 aromatic rings. The van der Waals surface area contributed by atoms with Crippen LogP contribution in [0, 0.1) is 24.0 Å². The number of nitro groups is 1. The molecule has 1 aliphatic heterocycles. The second-order valence-corrected chi connectivity index (χ2v) is 5.60. The van der Waals surface area contributed by atoms with Gasteiger partial charge in [0.1, 0.15) is 0 Å². The smallest absolute Gasteiger partial charge is 0.271 e. The number of rotatable bonds is 2. The minimum absolute atomic E-state index is 0.0130. The summed E-state index contributed by atoms with van der Waals surface area (Å²) in [6.45, 7) is 4.45. The molecule has 3 rings (SSSR count). The third-order valence-electron chi connectivity index (χ3n) is 4.03. The maximum Gasteiger partial charge on any atom is 0.271 e. The highest BCUT2D eigenvalue weighted by atomic mass is 16.6. The fourth-order valence-electron chi connectivity index (χ4n) is 2.89. The predicted molar refractivity (Wildman–Crippen MR) is 84.4 cm³/mol. The minimum atomic E-state index is -0.432. The zero-order chi connectivity index (χ0) is 15.9. The fourth-order valence-corrected chi connectivity index (χ4v) is 2.89. The normalized spacial score (nSPS) is 13.1. The molecule has 0 unspecified atom stereocenters. The maximum atomic E-state index is 12.8. The molecule has 0 aromatic heterocycles. The number of fused-ring (bicyclic) bond motifs is 1. The van der Waals surface area contributed by atoms with Gasteiger partial charge in [0.15, 0.2) is 0 Å². The summed E-state index contributed by atoms with van der Waals surface area (Å²) in [6, 6.07) is 10.4. The van der Waals surface area contributed by atoms with Crippen molar-refractivity contribution >= 4 is 17.3 Å². The number of carbonyl (C=O) groups excluding carboxylic acids is 1. The Morgan fingerprint density at radius 3 is 2.64 bits per heavy atom. The summed E-state index contributed by atoms with van der Waals surface area (Å²) in [7, 11) is 0. The first-order valence-corrected chi connectivity index (χ1v) is 7.14. The van der Waals surface area contributed by atoms with Gasteiger partial charge in [-0.25, -0.2) is 0 Å². The van der Waals surface area contributed by atoms with Crippen LogP contribution in [0.4, 0.5) is 11.4 Å². The Kier molecular flexibility index (Phi) is 3.41. The molecule has 22 heavy (non-hydrogen) atoms. The lowest BCUT2D eigenvalue weighted by Gasteiger charge is -2.18. The highest BCUT2D eigenvalue weighted by Crippen LogP contribution is 2.33. The molecule has 0 spiro atoms. The highest BCUT2D eigenvalue weighted by Gasteiger charge is 2.28. The van der Waals surface area contributed by atoms with Gasteiger partial charge in [0.05, 0.1) is 10.6 Å². The van der Waals surface area contributed by atoms with E-state index >= 15 is 0 Å². The third kappa shape index (κ3) is 2.35. The van der Waals surface area contributed by atoms with Crippen molar-refractivity contribution in [3.8, 4) is 0 Å². The molecule has 112 valence electrons. The summed E-state index contributed by atoms with van der Waals surface area (Å²) < 4.78 is 0. The molecular formula is C17H16N2O3.